The van der Waals surface area contributed by atoms with E-state index in [1.54, 1.807) is 0 Å². The number of azide groups is 1. The fourth-order valence-electron chi connectivity index (χ4n) is 2.56. The summed E-state index contributed by atoms with van der Waals surface area (Å²) in [5.74, 6) is 0. The summed E-state index contributed by atoms with van der Waals surface area (Å²) in [7, 11) is -3.95. The first-order valence-corrected chi connectivity index (χ1v) is 8.98. The Bertz CT molecular complexity index is 688. The molecule has 1 aromatic carbocycles. The quantitative estimate of drug-likeness (QED) is 0.379. The fraction of sp³-hybridized carbons (Fsp3) is 0.500. The summed E-state index contributed by atoms with van der Waals surface area (Å²) < 4.78 is 26.3. The Hall–Kier alpha value is -2.25. The third-order valence-electron chi connectivity index (χ3n) is 3.72. The molecule has 0 atom stereocenters. The van der Waals surface area contributed by atoms with Gasteiger partial charge in [0.2, 0.25) is 0 Å². The molecule has 8 nitrogen and oxygen atoms in total. The maximum atomic E-state index is 12.1. The van der Waals surface area contributed by atoms with E-state index >= 15 is 0 Å². The van der Waals surface area contributed by atoms with Gasteiger partial charge in [-0.25, -0.2) is 17.9 Å². The lowest BCUT2D eigenvalue weighted by atomic mass is 10.1. The molecule has 9 heteroatoms. The van der Waals surface area contributed by atoms with Crippen molar-refractivity contribution in [3.8, 4) is 0 Å². The standard InChI is InChI=1S/C14H19N5O3S/c15-19-17-12-7-9-13(10-8-12)23(21,22)18-14(20)16-11-5-3-1-2-4-6-11/h7-11H,1-6H2,(H2,16,18,20). The van der Waals surface area contributed by atoms with Crippen LogP contribution in [0.5, 0.6) is 0 Å². The second kappa shape index (κ2) is 7.85. The second-order valence-corrected chi connectivity index (χ2v) is 7.13. The van der Waals surface area contributed by atoms with Gasteiger partial charge in [-0.15, -0.1) is 0 Å². The number of benzene rings is 1. The SMILES string of the molecule is [N-]=[N+]=Nc1ccc(S(=O)(=O)NC(=O)NC2CCCCCC2)cc1. The number of rotatable bonds is 4. The molecule has 2 N–H and O–H groups in total. The molecule has 0 unspecified atom stereocenters. The summed E-state index contributed by atoms with van der Waals surface area (Å²) in [4.78, 5) is 14.5. The molecule has 2 rings (SSSR count). The normalized spacial score (nSPS) is 16.0. The van der Waals surface area contributed by atoms with E-state index in [2.05, 4.69) is 15.3 Å². The first-order chi connectivity index (χ1) is 11.0. The molecular formula is C14H19N5O3S. The smallest absolute Gasteiger partial charge is 0.328 e. The number of urea groups is 1. The van der Waals surface area contributed by atoms with Crippen LogP contribution in [-0.4, -0.2) is 20.5 Å². The minimum absolute atomic E-state index is 0.0139. The second-order valence-electron chi connectivity index (χ2n) is 5.45. The Balaban J connectivity index is 1.99. The van der Waals surface area contributed by atoms with Crippen LogP contribution in [0, 0.1) is 0 Å². The van der Waals surface area contributed by atoms with E-state index in [1.165, 1.54) is 24.3 Å². The molecule has 23 heavy (non-hydrogen) atoms. The summed E-state index contributed by atoms with van der Waals surface area (Å²) in [5, 5.41) is 6.08. The van der Waals surface area contributed by atoms with Crippen molar-refractivity contribution in [2.24, 2.45) is 5.11 Å². The van der Waals surface area contributed by atoms with Crippen molar-refractivity contribution in [3.63, 3.8) is 0 Å². The number of sulfonamides is 1. The van der Waals surface area contributed by atoms with Crippen LogP contribution in [0.25, 0.3) is 10.4 Å². The first kappa shape index (κ1) is 17.1. The summed E-state index contributed by atoms with van der Waals surface area (Å²) in [5.41, 5.74) is 8.62. The minimum atomic E-state index is -3.95. The first-order valence-electron chi connectivity index (χ1n) is 7.50. The van der Waals surface area contributed by atoms with Crippen LogP contribution in [0.1, 0.15) is 38.5 Å². The number of carbonyl (C=O) groups excluding carboxylic acids is 1. The Morgan fingerprint density at radius 2 is 1.74 bits per heavy atom. The van der Waals surface area contributed by atoms with E-state index in [0.717, 1.165) is 38.5 Å². The lowest BCUT2D eigenvalue weighted by Gasteiger charge is -2.16. The van der Waals surface area contributed by atoms with E-state index in [9.17, 15) is 13.2 Å². The van der Waals surface area contributed by atoms with Crippen molar-refractivity contribution >= 4 is 21.7 Å². The van der Waals surface area contributed by atoms with Crippen LogP contribution >= 0.6 is 0 Å². The minimum Gasteiger partial charge on any atom is -0.335 e. The van der Waals surface area contributed by atoms with Crippen LogP contribution in [0.15, 0.2) is 34.3 Å². The van der Waals surface area contributed by atoms with Crippen molar-refractivity contribution in [2.45, 2.75) is 49.5 Å². The molecule has 1 aromatic rings. The van der Waals surface area contributed by atoms with E-state index in [1.807, 2.05) is 4.72 Å². The van der Waals surface area contributed by atoms with Crippen molar-refractivity contribution in [1.29, 1.82) is 0 Å². The van der Waals surface area contributed by atoms with E-state index in [0.29, 0.717) is 5.69 Å². The van der Waals surface area contributed by atoms with E-state index in [4.69, 9.17) is 5.53 Å². The lowest BCUT2D eigenvalue weighted by Crippen LogP contribution is -2.44. The molecule has 0 bridgehead atoms. The molecule has 0 saturated heterocycles. The molecule has 1 aliphatic rings. The zero-order valence-corrected chi connectivity index (χ0v) is 13.4. The zero-order valence-electron chi connectivity index (χ0n) is 12.6. The molecule has 1 fully saturated rings. The van der Waals surface area contributed by atoms with Gasteiger partial charge in [-0.3, -0.25) is 0 Å². The summed E-state index contributed by atoms with van der Waals surface area (Å²) in [6.45, 7) is 0. The topological polar surface area (TPSA) is 124 Å². The van der Waals surface area contributed by atoms with Gasteiger partial charge in [0.15, 0.2) is 0 Å². The Morgan fingerprint density at radius 1 is 1.13 bits per heavy atom. The van der Waals surface area contributed by atoms with Gasteiger partial charge in [0.1, 0.15) is 0 Å². The highest BCUT2D eigenvalue weighted by Crippen LogP contribution is 2.18. The maximum absolute atomic E-state index is 12.1. The number of hydrogen-bond donors (Lipinski definition) is 2. The maximum Gasteiger partial charge on any atom is 0.328 e. The molecule has 0 spiro atoms. The largest absolute Gasteiger partial charge is 0.335 e. The number of carbonyl (C=O) groups is 1. The van der Waals surface area contributed by atoms with Crippen LogP contribution in [-0.2, 0) is 10.0 Å². The van der Waals surface area contributed by atoms with Crippen molar-refractivity contribution in [1.82, 2.24) is 10.0 Å². The van der Waals surface area contributed by atoms with Crippen molar-refractivity contribution in [3.05, 3.63) is 34.7 Å². The van der Waals surface area contributed by atoms with Gasteiger partial charge in [-0.05, 0) is 30.5 Å². The van der Waals surface area contributed by atoms with Gasteiger partial charge in [0.25, 0.3) is 10.0 Å². The highest BCUT2D eigenvalue weighted by atomic mass is 32.2. The van der Waals surface area contributed by atoms with Gasteiger partial charge in [-0.2, -0.15) is 0 Å². The monoisotopic (exact) mass is 337 g/mol. The highest BCUT2D eigenvalue weighted by molar-refractivity contribution is 7.90. The van der Waals surface area contributed by atoms with Crippen molar-refractivity contribution in [2.75, 3.05) is 0 Å². The third kappa shape index (κ3) is 5.15. The Kier molecular flexibility index (Phi) is 5.84. The molecular weight excluding hydrogens is 318 g/mol. The summed E-state index contributed by atoms with van der Waals surface area (Å²) in [6.07, 6.45) is 6.12. The van der Waals surface area contributed by atoms with E-state index in [-0.39, 0.29) is 10.9 Å². The fourth-order valence-corrected chi connectivity index (χ4v) is 3.48. The van der Waals surface area contributed by atoms with Gasteiger partial charge in [-0.1, -0.05) is 42.9 Å². The summed E-state index contributed by atoms with van der Waals surface area (Å²) in [6, 6.07) is 4.61. The van der Waals surface area contributed by atoms with Gasteiger partial charge in [0, 0.05) is 16.6 Å². The lowest BCUT2D eigenvalue weighted by molar-refractivity contribution is 0.240. The molecule has 0 radical (unpaired) electrons. The number of hydrogen-bond acceptors (Lipinski definition) is 4. The Labute approximate surface area is 135 Å². The van der Waals surface area contributed by atoms with Crippen LogP contribution in [0.4, 0.5) is 10.5 Å². The molecule has 2 amide bonds. The number of nitrogens with zero attached hydrogens (tertiary/aromatic N) is 3. The van der Waals surface area contributed by atoms with Crippen LogP contribution < -0.4 is 10.0 Å². The van der Waals surface area contributed by atoms with Gasteiger partial charge >= 0.3 is 6.03 Å². The Morgan fingerprint density at radius 3 is 2.30 bits per heavy atom. The molecule has 0 heterocycles. The molecule has 124 valence electrons. The third-order valence-corrected chi connectivity index (χ3v) is 5.07. The van der Waals surface area contributed by atoms with Crippen molar-refractivity contribution < 1.29 is 13.2 Å². The predicted octanol–water partition coefficient (Wildman–Crippen LogP) is 3.34. The molecule has 0 aromatic heterocycles. The average Bonchev–Trinajstić information content (AvgIpc) is 2.76. The highest BCUT2D eigenvalue weighted by Gasteiger charge is 2.20. The summed E-state index contributed by atoms with van der Waals surface area (Å²) >= 11 is 0. The van der Waals surface area contributed by atoms with Crippen LogP contribution in [0.2, 0.25) is 0 Å². The number of amides is 2. The zero-order chi connectivity index (χ0) is 16.7. The molecule has 1 aliphatic carbocycles. The van der Waals surface area contributed by atoms with Crippen LogP contribution in [0.3, 0.4) is 0 Å². The molecule has 1 saturated carbocycles. The van der Waals surface area contributed by atoms with Gasteiger partial charge in [0.05, 0.1) is 4.90 Å². The van der Waals surface area contributed by atoms with Gasteiger partial charge < -0.3 is 5.32 Å². The average molecular weight is 337 g/mol. The number of nitrogens with one attached hydrogen (secondary N) is 2. The van der Waals surface area contributed by atoms with E-state index < -0.39 is 16.1 Å². The predicted molar refractivity (Wildman–Crippen MR) is 85.6 cm³/mol. The molecule has 0 aliphatic heterocycles.